The highest BCUT2D eigenvalue weighted by Crippen LogP contribution is 2.26. The Morgan fingerprint density at radius 1 is 1.06 bits per heavy atom. The van der Waals surface area contributed by atoms with Gasteiger partial charge in [-0.05, 0) is 36.2 Å². The Morgan fingerprint density at radius 2 is 1.89 bits per heavy atom. The average Bonchev–Trinajstić information content (AvgIpc) is 2.39. The second-order valence-corrected chi connectivity index (χ2v) is 4.06. The largest absolute Gasteiger partial charge is 0.313 e. The summed E-state index contributed by atoms with van der Waals surface area (Å²) in [5, 5.41) is 4.60. The maximum absolute atomic E-state index is 4.39. The van der Waals surface area contributed by atoms with Crippen LogP contribution in [0, 0.1) is 0 Å². The minimum atomic E-state index is 0. The molecule has 0 bridgehead atoms. The van der Waals surface area contributed by atoms with Gasteiger partial charge in [0.2, 0.25) is 0 Å². The first-order valence-corrected chi connectivity index (χ1v) is 5.69. The van der Waals surface area contributed by atoms with Crippen LogP contribution in [0.4, 0.5) is 0 Å². The summed E-state index contributed by atoms with van der Waals surface area (Å²) < 4.78 is 0. The van der Waals surface area contributed by atoms with E-state index in [2.05, 4.69) is 40.6 Å². The highest BCUT2D eigenvalue weighted by atomic mass is 35.5. The summed E-state index contributed by atoms with van der Waals surface area (Å²) in [7, 11) is 0. The fraction of sp³-hybridized carbons (Fsp3) is 0.214. The number of nitrogens with one attached hydrogen (secondary N) is 1. The third-order valence-electron chi connectivity index (χ3n) is 3.06. The van der Waals surface area contributed by atoms with Gasteiger partial charge in [0, 0.05) is 18.1 Å². The zero-order valence-electron chi connectivity index (χ0n) is 9.93. The number of para-hydroxylation sites is 1. The van der Waals surface area contributed by atoms with Gasteiger partial charge in [-0.1, -0.05) is 24.3 Å². The van der Waals surface area contributed by atoms with Crippen LogP contribution >= 0.6 is 24.8 Å². The average molecular weight is 283 g/mol. The molecule has 1 aromatic heterocycles. The Balaban J connectivity index is 0.000000810. The van der Waals surface area contributed by atoms with E-state index in [1.54, 1.807) is 0 Å². The van der Waals surface area contributed by atoms with Crippen molar-refractivity contribution in [1.82, 2.24) is 10.3 Å². The number of nitrogens with zero attached hydrogens (tertiary/aromatic N) is 1. The molecule has 0 spiro atoms. The van der Waals surface area contributed by atoms with Gasteiger partial charge in [0.1, 0.15) is 0 Å². The normalized spacial score (nSPS) is 14.3. The van der Waals surface area contributed by atoms with E-state index in [0.717, 1.165) is 25.0 Å². The van der Waals surface area contributed by atoms with Gasteiger partial charge in [-0.25, -0.2) is 0 Å². The van der Waals surface area contributed by atoms with Crippen molar-refractivity contribution >= 4 is 41.3 Å². The molecule has 0 atom stereocenters. The van der Waals surface area contributed by atoms with Crippen molar-refractivity contribution in [1.29, 1.82) is 0 Å². The standard InChI is InChI=1S/C14H14N2.2ClH/c1-2-4-14-13(3-1)12(7-10-16-14)11-5-8-15-9-6-11;;/h1-5,7,10,15H,6,8-9H2;2*1H. The zero-order valence-corrected chi connectivity index (χ0v) is 11.6. The van der Waals surface area contributed by atoms with Crippen LogP contribution in [-0.2, 0) is 0 Å². The molecule has 3 rings (SSSR count). The van der Waals surface area contributed by atoms with Crippen molar-refractivity contribution < 1.29 is 0 Å². The maximum atomic E-state index is 4.39. The lowest BCUT2D eigenvalue weighted by atomic mass is 9.97. The molecule has 1 aliphatic rings. The van der Waals surface area contributed by atoms with Crippen molar-refractivity contribution in [3.8, 4) is 0 Å². The van der Waals surface area contributed by atoms with E-state index in [1.807, 2.05) is 12.3 Å². The summed E-state index contributed by atoms with van der Waals surface area (Å²) in [5.41, 5.74) is 3.86. The molecule has 0 amide bonds. The third-order valence-corrected chi connectivity index (χ3v) is 3.06. The number of aromatic nitrogens is 1. The van der Waals surface area contributed by atoms with Crippen LogP contribution in [0.2, 0.25) is 0 Å². The highest BCUT2D eigenvalue weighted by molar-refractivity contribution is 5.91. The predicted molar refractivity (Wildman–Crippen MR) is 81.7 cm³/mol. The third kappa shape index (κ3) is 2.83. The van der Waals surface area contributed by atoms with E-state index >= 15 is 0 Å². The first-order chi connectivity index (χ1) is 7.95. The second kappa shape index (κ2) is 6.74. The molecule has 1 N–H and O–H groups in total. The lowest BCUT2D eigenvalue weighted by Gasteiger charge is -2.15. The number of rotatable bonds is 1. The maximum Gasteiger partial charge on any atom is 0.0708 e. The molecule has 0 fully saturated rings. The van der Waals surface area contributed by atoms with Gasteiger partial charge < -0.3 is 5.32 Å². The molecule has 0 saturated carbocycles. The summed E-state index contributed by atoms with van der Waals surface area (Å²) in [4.78, 5) is 4.39. The van der Waals surface area contributed by atoms with Crippen LogP contribution < -0.4 is 5.32 Å². The number of hydrogen-bond donors (Lipinski definition) is 1. The van der Waals surface area contributed by atoms with Crippen molar-refractivity contribution in [2.45, 2.75) is 6.42 Å². The smallest absolute Gasteiger partial charge is 0.0708 e. The molecule has 2 heterocycles. The van der Waals surface area contributed by atoms with Gasteiger partial charge in [-0.15, -0.1) is 24.8 Å². The first kappa shape index (κ1) is 15.0. The van der Waals surface area contributed by atoms with Crippen LogP contribution in [0.15, 0.2) is 42.6 Å². The fourth-order valence-electron chi connectivity index (χ4n) is 2.24. The molecule has 0 saturated heterocycles. The molecule has 96 valence electrons. The Kier molecular flexibility index (Phi) is 5.60. The lowest BCUT2D eigenvalue weighted by Crippen LogP contribution is -2.20. The summed E-state index contributed by atoms with van der Waals surface area (Å²) in [5.74, 6) is 0. The van der Waals surface area contributed by atoms with Gasteiger partial charge in [0.25, 0.3) is 0 Å². The van der Waals surface area contributed by atoms with E-state index in [1.165, 1.54) is 16.5 Å². The molecule has 0 aliphatic carbocycles. The molecule has 2 nitrogen and oxygen atoms in total. The van der Waals surface area contributed by atoms with Crippen LogP contribution in [0.1, 0.15) is 12.0 Å². The molecule has 2 aromatic rings. The Bertz CT molecular complexity index is 547. The minimum Gasteiger partial charge on any atom is -0.313 e. The highest BCUT2D eigenvalue weighted by Gasteiger charge is 2.08. The van der Waals surface area contributed by atoms with Crippen LogP contribution in [0.5, 0.6) is 0 Å². The molecule has 4 heteroatoms. The Morgan fingerprint density at radius 3 is 2.67 bits per heavy atom. The molecule has 1 aliphatic heterocycles. The second-order valence-electron chi connectivity index (χ2n) is 4.06. The van der Waals surface area contributed by atoms with Gasteiger partial charge in [0.15, 0.2) is 0 Å². The van der Waals surface area contributed by atoms with Crippen LogP contribution in [-0.4, -0.2) is 18.1 Å². The van der Waals surface area contributed by atoms with Crippen molar-refractivity contribution in [3.05, 3.63) is 48.2 Å². The number of fused-ring (bicyclic) bond motifs is 1. The molecular formula is C14H16Cl2N2. The first-order valence-electron chi connectivity index (χ1n) is 5.69. The molecular weight excluding hydrogens is 267 g/mol. The van der Waals surface area contributed by atoms with Crippen molar-refractivity contribution in [2.75, 3.05) is 13.1 Å². The summed E-state index contributed by atoms with van der Waals surface area (Å²) in [6.45, 7) is 2.05. The molecule has 0 radical (unpaired) electrons. The van der Waals surface area contributed by atoms with Crippen LogP contribution in [0.3, 0.4) is 0 Å². The topological polar surface area (TPSA) is 24.9 Å². The Labute approximate surface area is 119 Å². The molecule has 0 unspecified atom stereocenters. The van der Waals surface area contributed by atoms with Gasteiger partial charge in [0.05, 0.1) is 5.52 Å². The number of pyridine rings is 1. The lowest BCUT2D eigenvalue weighted by molar-refractivity contribution is 0.739. The van der Waals surface area contributed by atoms with Crippen molar-refractivity contribution in [3.63, 3.8) is 0 Å². The minimum absolute atomic E-state index is 0. The summed E-state index contributed by atoms with van der Waals surface area (Å²) in [6, 6.07) is 10.5. The van der Waals surface area contributed by atoms with E-state index in [0.29, 0.717) is 0 Å². The summed E-state index contributed by atoms with van der Waals surface area (Å²) in [6.07, 6.45) is 5.29. The van der Waals surface area contributed by atoms with E-state index in [-0.39, 0.29) is 24.8 Å². The number of halogens is 2. The summed E-state index contributed by atoms with van der Waals surface area (Å²) >= 11 is 0. The Hall–Kier alpha value is -1.09. The zero-order chi connectivity index (χ0) is 10.8. The van der Waals surface area contributed by atoms with Crippen molar-refractivity contribution in [2.24, 2.45) is 0 Å². The number of hydrogen-bond acceptors (Lipinski definition) is 2. The van der Waals surface area contributed by atoms with Gasteiger partial charge in [-0.2, -0.15) is 0 Å². The van der Waals surface area contributed by atoms with Gasteiger partial charge >= 0.3 is 0 Å². The van der Waals surface area contributed by atoms with E-state index in [9.17, 15) is 0 Å². The quantitative estimate of drug-likeness (QED) is 0.867. The SMILES string of the molecule is C1=C(c2ccnc3ccccc23)CCNC1.Cl.Cl. The monoisotopic (exact) mass is 282 g/mol. The molecule has 18 heavy (non-hydrogen) atoms. The fourth-order valence-corrected chi connectivity index (χ4v) is 2.24. The van der Waals surface area contributed by atoms with E-state index < -0.39 is 0 Å². The van der Waals surface area contributed by atoms with Gasteiger partial charge in [-0.3, -0.25) is 4.98 Å². The van der Waals surface area contributed by atoms with E-state index in [4.69, 9.17) is 0 Å². The predicted octanol–water partition coefficient (Wildman–Crippen LogP) is 3.46. The molecule has 1 aromatic carbocycles. The van der Waals surface area contributed by atoms with Crippen LogP contribution in [0.25, 0.3) is 16.5 Å². The number of benzene rings is 1.